The van der Waals surface area contributed by atoms with E-state index >= 15 is 0 Å². The van der Waals surface area contributed by atoms with Gasteiger partial charge >= 0.3 is 5.97 Å². The largest absolute Gasteiger partial charge is 0.476 e. The Balaban J connectivity index is 0.000000266. The second kappa shape index (κ2) is 11.4. The zero-order valence-corrected chi connectivity index (χ0v) is 17.8. The van der Waals surface area contributed by atoms with Crippen molar-refractivity contribution in [3.8, 4) is 0 Å². The molecule has 6 N–H and O–H groups in total. The highest BCUT2D eigenvalue weighted by Crippen LogP contribution is 2.36. The van der Waals surface area contributed by atoms with Crippen molar-refractivity contribution in [3.63, 3.8) is 0 Å². The Labute approximate surface area is 177 Å². The fourth-order valence-electron chi connectivity index (χ4n) is 3.85. The summed E-state index contributed by atoms with van der Waals surface area (Å²) in [5, 5.41) is 9.03. The van der Waals surface area contributed by atoms with E-state index in [1.165, 1.54) is 75.7 Å². The Morgan fingerprint density at radius 2 is 1.75 bits per heavy atom. The maximum Gasteiger partial charge on any atom is 0.356 e. The zero-order valence-electron chi connectivity index (χ0n) is 16.2. The number of nitrogens with zero attached hydrogens (tertiary/aromatic N) is 1. The lowest BCUT2D eigenvalue weighted by Gasteiger charge is -2.30. The average molecular weight is 427 g/mol. The highest BCUT2D eigenvalue weighted by molar-refractivity contribution is 7.84. The third-order valence-electron chi connectivity index (χ3n) is 5.36. The Morgan fingerprint density at radius 3 is 2.21 bits per heavy atom. The predicted molar refractivity (Wildman–Crippen MR) is 119 cm³/mol. The molecule has 8 heteroatoms. The number of piperidine rings is 1. The number of halogens is 1. The van der Waals surface area contributed by atoms with Gasteiger partial charge in [0.2, 0.25) is 0 Å². The second-order valence-corrected chi connectivity index (χ2v) is 8.19. The van der Waals surface area contributed by atoms with Gasteiger partial charge in [-0.1, -0.05) is 36.9 Å². The fraction of sp³-hybridized carbons (Fsp3) is 0.550. The van der Waals surface area contributed by atoms with Gasteiger partial charge in [-0.05, 0) is 55.7 Å². The van der Waals surface area contributed by atoms with E-state index in [0.29, 0.717) is 0 Å². The number of carboxylic acids is 1. The molecule has 0 radical (unpaired) electrons. The van der Waals surface area contributed by atoms with Gasteiger partial charge < -0.3 is 21.2 Å². The Hall–Kier alpha value is -1.57. The molecule has 3 rings (SSSR count). The highest BCUT2D eigenvalue weighted by atomic mass is 35.5. The Kier molecular flexibility index (Phi) is 9.28. The number of aliphatic carboxylic acids is 1. The third kappa shape index (κ3) is 6.50. The quantitative estimate of drug-likeness (QED) is 0.216. The monoisotopic (exact) mass is 426 g/mol. The standard InChI is InChI=1S/C17H24ClN.C3H7N3O2S/c18-16-13-15(14-7-3-1-4-8-14)9-10-17(16)19-11-5-2-6-12-19;4-2(9)1(6-5)3(7)8/h9-10,13-14H,1-8,11-12H2;6,9H,4-5H2,(H,7,8)/b;2-1+. The molecule has 0 unspecified atom stereocenters. The van der Waals surface area contributed by atoms with Gasteiger partial charge in [0.05, 0.1) is 15.7 Å². The van der Waals surface area contributed by atoms with Crippen LogP contribution in [0, 0.1) is 0 Å². The number of benzene rings is 1. The van der Waals surface area contributed by atoms with Crippen molar-refractivity contribution in [1.82, 2.24) is 5.43 Å². The maximum absolute atomic E-state index is 10.0. The van der Waals surface area contributed by atoms with Crippen LogP contribution in [0.15, 0.2) is 28.9 Å². The van der Waals surface area contributed by atoms with E-state index in [-0.39, 0.29) is 10.7 Å². The fourth-order valence-corrected chi connectivity index (χ4v) is 4.32. The number of hydrogen-bond acceptors (Lipinski definition) is 6. The van der Waals surface area contributed by atoms with Crippen LogP contribution >= 0.6 is 24.2 Å². The lowest BCUT2D eigenvalue weighted by Crippen LogP contribution is -2.29. The van der Waals surface area contributed by atoms with Gasteiger partial charge in [-0.25, -0.2) is 4.79 Å². The molecule has 1 aliphatic carbocycles. The maximum atomic E-state index is 10.0. The van der Waals surface area contributed by atoms with Crippen molar-refractivity contribution in [2.75, 3.05) is 18.0 Å². The molecular formula is C20H31ClN4O2S. The summed E-state index contributed by atoms with van der Waals surface area (Å²) in [5.74, 6) is 4.28. The van der Waals surface area contributed by atoms with E-state index in [1.807, 2.05) is 5.43 Å². The summed E-state index contributed by atoms with van der Waals surface area (Å²) in [6, 6.07) is 6.82. The van der Waals surface area contributed by atoms with Crippen molar-refractivity contribution in [2.24, 2.45) is 11.6 Å². The molecule has 1 aliphatic heterocycles. The Morgan fingerprint density at radius 1 is 1.14 bits per heavy atom. The van der Waals surface area contributed by atoms with Gasteiger partial charge in [-0.3, -0.25) is 5.84 Å². The van der Waals surface area contributed by atoms with Gasteiger partial charge in [0.15, 0.2) is 5.70 Å². The minimum atomic E-state index is -1.23. The lowest BCUT2D eigenvalue weighted by molar-refractivity contribution is -0.133. The van der Waals surface area contributed by atoms with Crippen molar-refractivity contribution < 1.29 is 9.90 Å². The summed E-state index contributed by atoms with van der Waals surface area (Å²) in [5.41, 5.74) is 9.26. The summed E-state index contributed by atoms with van der Waals surface area (Å²) in [6.07, 6.45) is 10.9. The molecule has 6 nitrogen and oxygen atoms in total. The number of hydrogen-bond donors (Lipinski definition) is 5. The minimum Gasteiger partial charge on any atom is -0.476 e. The van der Waals surface area contributed by atoms with Crippen molar-refractivity contribution in [2.45, 2.75) is 57.3 Å². The van der Waals surface area contributed by atoms with Crippen molar-refractivity contribution >= 4 is 35.9 Å². The van der Waals surface area contributed by atoms with Crippen LogP contribution in [-0.2, 0) is 4.79 Å². The highest BCUT2D eigenvalue weighted by Gasteiger charge is 2.18. The summed E-state index contributed by atoms with van der Waals surface area (Å²) >= 11 is 10.1. The van der Waals surface area contributed by atoms with Crippen LogP contribution in [0.3, 0.4) is 0 Å². The van der Waals surface area contributed by atoms with E-state index < -0.39 is 5.97 Å². The molecule has 156 valence electrons. The number of carboxylic acid groups (broad SMARTS) is 1. The van der Waals surface area contributed by atoms with Crippen LogP contribution < -0.4 is 21.9 Å². The van der Waals surface area contributed by atoms with Crippen LogP contribution in [0.4, 0.5) is 5.69 Å². The molecule has 1 saturated carbocycles. The van der Waals surface area contributed by atoms with E-state index in [1.54, 1.807) is 0 Å². The SMILES string of the molecule is Clc1cc(C2CCCCC2)ccc1N1CCCCC1.NN/C(C(=O)O)=C(\N)S. The van der Waals surface area contributed by atoms with E-state index in [9.17, 15) is 4.79 Å². The first-order valence-corrected chi connectivity index (χ1v) is 10.7. The number of anilines is 1. The number of nitrogens with two attached hydrogens (primary N) is 2. The predicted octanol–water partition coefficient (Wildman–Crippen LogP) is 3.97. The zero-order chi connectivity index (χ0) is 20.5. The molecule has 1 aromatic rings. The smallest absolute Gasteiger partial charge is 0.356 e. The van der Waals surface area contributed by atoms with Crippen molar-refractivity contribution in [1.29, 1.82) is 0 Å². The van der Waals surface area contributed by atoms with Crippen LogP contribution in [0.2, 0.25) is 5.02 Å². The van der Waals surface area contributed by atoms with Gasteiger partial charge in [-0.2, -0.15) is 0 Å². The molecule has 0 aromatic heterocycles. The first kappa shape index (κ1) is 22.7. The number of rotatable bonds is 4. The molecule has 0 amide bonds. The number of thiol groups is 1. The normalized spacial score (nSPS) is 18.6. The average Bonchev–Trinajstić information content (AvgIpc) is 2.69. The van der Waals surface area contributed by atoms with Crippen LogP contribution in [0.1, 0.15) is 62.8 Å². The first-order valence-electron chi connectivity index (χ1n) is 9.87. The van der Waals surface area contributed by atoms with Crippen molar-refractivity contribution in [3.05, 3.63) is 39.5 Å². The Bertz CT molecular complexity index is 683. The lowest BCUT2D eigenvalue weighted by atomic mass is 9.84. The number of nitrogens with one attached hydrogen (secondary N) is 1. The minimum absolute atomic E-state index is 0.148. The summed E-state index contributed by atoms with van der Waals surface area (Å²) < 4.78 is 0. The van der Waals surface area contributed by atoms with Gasteiger partial charge in [-0.15, -0.1) is 12.6 Å². The molecule has 0 atom stereocenters. The topological polar surface area (TPSA) is 105 Å². The number of carbonyl (C=O) groups is 1. The summed E-state index contributed by atoms with van der Waals surface area (Å²) in [4.78, 5) is 12.5. The molecule has 1 aromatic carbocycles. The molecule has 2 aliphatic rings. The third-order valence-corrected chi connectivity index (χ3v) is 5.89. The van der Waals surface area contributed by atoms with Crippen LogP contribution in [-0.4, -0.2) is 24.2 Å². The van der Waals surface area contributed by atoms with E-state index in [0.717, 1.165) is 10.9 Å². The van der Waals surface area contributed by atoms with Crippen LogP contribution in [0.25, 0.3) is 0 Å². The van der Waals surface area contributed by atoms with Gasteiger partial charge in [0, 0.05) is 13.1 Å². The van der Waals surface area contributed by atoms with Crippen LogP contribution in [0.5, 0.6) is 0 Å². The molecule has 28 heavy (non-hydrogen) atoms. The van der Waals surface area contributed by atoms with E-state index in [2.05, 4.69) is 35.7 Å². The first-order chi connectivity index (χ1) is 13.4. The molecular weight excluding hydrogens is 396 g/mol. The molecule has 0 spiro atoms. The number of hydrazine groups is 1. The molecule has 1 heterocycles. The summed E-state index contributed by atoms with van der Waals surface area (Å²) in [6.45, 7) is 2.34. The molecule has 1 saturated heterocycles. The molecule has 0 bridgehead atoms. The summed E-state index contributed by atoms with van der Waals surface area (Å²) in [7, 11) is 0. The van der Waals surface area contributed by atoms with Gasteiger partial charge in [0.25, 0.3) is 0 Å². The second-order valence-electron chi connectivity index (χ2n) is 7.30. The molecule has 2 fully saturated rings. The van der Waals surface area contributed by atoms with E-state index in [4.69, 9.17) is 28.3 Å². The van der Waals surface area contributed by atoms with Gasteiger partial charge in [0.1, 0.15) is 0 Å².